The van der Waals surface area contributed by atoms with Crippen LogP contribution in [0.15, 0.2) is 6.20 Å². The van der Waals surface area contributed by atoms with Crippen molar-refractivity contribution in [2.45, 2.75) is 19.4 Å². The third-order valence-electron chi connectivity index (χ3n) is 1.71. The topological polar surface area (TPSA) is 77.2 Å². The SMILES string of the molecule is COCCn1cc(CCC(=O)O)nn1. The van der Waals surface area contributed by atoms with Gasteiger partial charge in [-0.3, -0.25) is 4.79 Å². The van der Waals surface area contributed by atoms with Crippen molar-refractivity contribution in [3.63, 3.8) is 0 Å². The van der Waals surface area contributed by atoms with Crippen LogP contribution in [0.4, 0.5) is 0 Å². The van der Waals surface area contributed by atoms with Crippen LogP contribution in [0, 0.1) is 0 Å². The number of carbonyl (C=O) groups is 1. The zero-order valence-electron chi connectivity index (χ0n) is 8.01. The molecule has 0 unspecified atom stereocenters. The van der Waals surface area contributed by atoms with E-state index in [1.807, 2.05) is 0 Å². The largest absolute Gasteiger partial charge is 0.481 e. The molecule has 1 rings (SSSR count). The molecule has 0 amide bonds. The summed E-state index contributed by atoms with van der Waals surface area (Å²) in [5, 5.41) is 16.1. The lowest BCUT2D eigenvalue weighted by molar-refractivity contribution is -0.136. The monoisotopic (exact) mass is 199 g/mol. The van der Waals surface area contributed by atoms with Gasteiger partial charge in [-0.15, -0.1) is 5.10 Å². The zero-order chi connectivity index (χ0) is 10.4. The first-order chi connectivity index (χ1) is 6.72. The predicted octanol–water partition coefficient (Wildman–Crippen LogP) is -0.0583. The first kappa shape index (κ1) is 10.6. The molecule has 0 spiro atoms. The Morgan fingerprint density at radius 2 is 2.50 bits per heavy atom. The Morgan fingerprint density at radius 3 is 3.14 bits per heavy atom. The minimum atomic E-state index is -0.823. The lowest BCUT2D eigenvalue weighted by Gasteiger charge is -1.96. The molecule has 0 atom stereocenters. The lowest BCUT2D eigenvalue weighted by Crippen LogP contribution is -2.04. The van der Waals surface area contributed by atoms with Gasteiger partial charge in [-0.1, -0.05) is 5.21 Å². The number of hydrogen-bond donors (Lipinski definition) is 1. The molecule has 0 aliphatic heterocycles. The van der Waals surface area contributed by atoms with Gasteiger partial charge in [0.05, 0.1) is 25.3 Å². The molecule has 78 valence electrons. The summed E-state index contributed by atoms with van der Waals surface area (Å²) in [7, 11) is 1.61. The fraction of sp³-hybridized carbons (Fsp3) is 0.625. The van der Waals surface area contributed by atoms with E-state index >= 15 is 0 Å². The predicted molar refractivity (Wildman–Crippen MR) is 47.9 cm³/mol. The highest BCUT2D eigenvalue weighted by atomic mass is 16.5. The van der Waals surface area contributed by atoms with Crippen LogP contribution in [-0.4, -0.2) is 39.8 Å². The molecule has 0 radical (unpaired) electrons. The number of carboxylic acids is 1. The van der Waals surface area contributed by atoms with Crippen molar-refractivity contribution in [1.82, 2.24) is 15.0 Å². The lowest BCUT2D eigenvalue weighted by atomic mass is 10.2. The summed E-state index contributed by atoms with van der Waals surface area (Å²) in [4.78, 5) is 10.3. The summed E-state index contributed by atoms with van der Waals surface area (Å²) in [6, 6.07) is 0. The van der Waals surface area contributed by atoms with Crippen LogP contribution in [0.3, 0.4) is 0 Å². The smallest absolute Gasteiger partial charge is 0.303 e. The van der Waals surface area contributed by atoms with E-state index in [0.717, 1.165) is 0 Å². The number of ether oxygens (including phenoxy) is 1. The number of rotatable bonds is 6. The fourth-order valence-corrected chi connectivity index (χ4v) is 0.982. The highest BCUT2D eigenvalue weighted by Crippen LogP contribution is 1.97. The number of methoxy groups -OCH3 is 1. The van der Waals surface area contributed by atoms with Crippen LogP contribution < -0.4 is 0 Å². The molecule has 1 heterocycles. The van der Waals surface area contributed by atoms with Crippen molar-refractivity contribution in [2.24, 2.45) is 0 Å². The molecule has 6 nitrogen and oxygen atoms in total. The van der Waals surface area contributed by atoms with Gasteiger partial charge in [0.15, 0.2) is 0 Å². The molecule has 6 heteroatoms. The molecule has 0 fully saturated rings. The third-order valence-corrected chi connectivity index (χ3v) is 1.71. The average Bonchev–Trinajstić information content (AvgIpc) is 2.59. The van der Waals surface area contributed by atoms with E-state index in [-0.39, 0.29) is 6.42 Å². The summed E-state index contributed by atoms with van der Waals surface area (Å²) in [6.45, 7) is 1.21. The van der Waals surface area contributed by atoms with Gasteiger partial charge in [-0.05, 0) is 0 Å². The number of hydrogen-bond acceptors (Lipinski definition) is 4. The average molecular weight is 199 g/mol. The van der Waals surface area contributed by atoms with Crippen molar-refractivity contribution < 1.29 is 14.6 Å². The first-order valence-corrected chi connectivity index (χ1v) is 4.32. The van der Waals surface area contributed by atoms with E-state index in [9.17, 15) is 4.79 Å². The number of aliphatic carboxylic acids is 1. The number of aromatic nitrogens is 3. The molecular weight excluding hydrogens is 186 g/mol. The molecule has 1 N–H and O–H groups in total. The van der Waals surface area contributed by atoms with Crippen LogP contribution in [0.5, 0.6) is 0 Å². The molecular formula is C8H13N3O3. The Bertz CT molecular complexity index is 298. The molecule has 14 heavy (non-hydrogen) atoms. The van der Waals surface area contributed by atoms with E-state index in [1.54, 1.807) is 18.0 Å². The molecule has 1 aromatic rings. The summed E-state index contributed by atoms with van der Waals surface area (Å²) >= 11 is 0. The Labute approximate surface area is 81.5 Å². The van der Waals surface area contributed by atoms with Gasteiger partial charge < -0.3 is 9.84 Å². The maximum Gasteiger partial charge on any atom is 0.303 e. The normalized spacial score (nSPS) is 10.4. The number of nitrogens with zero attached hydrogens (tertiary/aromatic N) is 3. The van der Waals surface area contributed by atoms with Gasteiger partial charge in [0.25, 0.3) is 0 Å². The van der Waals surface area contributed by atoms with Crippen LogP contribution in [0.2, 0.25) is 0 Å². The van der Waals surface area contributed by atoms with Crippen molar-refractivity contribution >= 4 is 5.97 Å². The summed E-state index contributed by atoms with van der Waals surface area (Å²) in [5.74, 6) is -0.823. The second-order valence-electron chi connectivity index (χ2n) is 2.86. The van der Waals surface area contributed by atoms with Gasteiger partial charge in [0.1, 0.15) is 0 Å². The van der Waals surface area contributed by atoms with Crippen LogP contribution in [-0.2, 0) is 22.5 Å². The minimum absolute atomic E-state index is 0.0863. The fourth-order valence-electron chi connectivity index (χ4n) is 0.982. The Hall–Kier alpha value is -1.43. The Kier molecular flexibility index (Phi) is 4.06. The van der Waals surface area contributed by atoms with Crippen LogP contribution in [0.25, 0.3) is 0 Å². The van der Waals surface area contributed by atoms with E-state index < -0.39 is 5.97 Å². The quantitative estimate of drug-likeness (QED) is 0.694. The Morgan fingerprint density at radius 1 is 1.71 bits per heavy atom. The highest BCUT2D eigenvalue weighted by Gasteiger charge is 2.03. The maximum atomic E-state index is 10.3. The maximum absolute atomic E-state index is 10.3. The third kappa shape index (κ3) is 3.53. The van der Waals surface area contributed by atoms with Gasteiger partial charge in [0.2, 0.25) is 0 Å². The van der Waals surface area contributed by atoms with E-state index in [1.165, 1.54) is 0 Å². The molecule has 0 aliphatic carbocycles. The standard InChI is InChI=1S/C8H13N3O3/c1-14-5-4-11-6-7(9-10-11)2-3-8(12)13/h6H,2-5H2,1H3,(H,12,13). The molecule has 0 saturated heterocycles. The molecule has 0 aromatic carbocycles. The molecule has 0 bridgehead atoms. The summed E-state index contributed by atoms with van der Waals surface area (Å²) < 4.78 is 6.51. The number of carboxylic acid groups (broad SMARTS) is 1. The molecule has 0 aliphatic rings. The number of aryl methyl sites for hydroxylation is 1. The van der Waals surface area contributed by atoms with Crippen LogP contribution >= 0.6 is 0 Å². The Balaban J connectivity index is 2.38. The minimum Gasteiger partial charge on any atom is -0.481 e. The van der Waals surface area contributed by atoms with Crippen molar-refractivity contribution in [1.29, 1.82) is 0 Å². The molecule has 0 saturated carbocycles. The molecule has 1 aromatic heterocycles. The summed E-state index contributed by atoms with van der Waals surface area (Å²) in [6.07, 6.45) is 2.24. The second kappa shape index (κ2) is 5.33. The summed E-state index contributed by atoms with van der Waals surface area (Å²) in [5.41, 5.74) is 0.698. The van der Waals surface area contributed by atoms with Crippen molar-refractivity contribution in [2.75, 3.05) is 13.7 Å². The van der Waals surface area contributed by atoms with Gasteiger partial charge in [0, 0.05) is 19.7 Å². The van der Waals surface area contributed by atoms with Crippen molar-refractivity contribution in [3.05, 3.63) is 11.9 Å². The van der Waals surface area contributed by atoms with E-state index in [2.05, 4.69) is 10.3 Å². The van der Waals surface area contributed by atoms with Gasteiger partial charge >= 0.3 is 5.97 Å². The van der Waals surface area contributed by atoms with Gasteiger partial charge in [-0.25, -0.2) is 4.68 Å². The van der Waals surface area contributed by atoms with Crippen LogP contribution in [0.1, 0.15) is 12.1 Å². The first-order valence-electron chi connectivity index (χ1n) is 4.32. The second-order valence-corrected chi connectivity index (χ2v) is 2.86. The van der Waals surface area contributed by atoms with Gasteiger partial charge in [-0.2, -0.15) is 0 Å². The highest BCUT2D eigenvalue weighted by molar-refractivity contribution is 5.66. The zero-order valence-corrected chi connectivity index (χ0v) is 8.01. The van der Waals surface area contributed by atoms with E-state index in [0.29, 0.717) is 25.3 Å². The van der Waals surface area contributed by atoms with Crippen molar-refractivity contribution in [3.8, 4) is 0 Å². The van der Waals surface area contributed by atoms with E-state index in [4.69, 9.17) is 9.84 Å².